The van der Waals surface area contributed by atoms with Gasteiger partial charge in [-0.1, -0.05) is 30.3 Å². The Balaban J connectivity index is 1.53. The lowest BCUT2D eigenvalue weighted by Crippen LogP contribution is -2.21. The molecule has 0 saturated carbocycles. The molecule has 0 spiro atoms. The Morgan fingerprint density at radius 3 is 2.93 bits per heavy atom. The number of nitrogens with one attached hydrogen (secondary N) is 2. The fraction of sp³-hybridized carbons (Fsp3) is 0.227. The molecule has 2 aromatic carbocycles. The Bertz CT molecular complexity index is 1070. The van der Waals surface area contributed by atoms with E-state index in [4.69, 9.17) is 5.73 Å². The fourth-order valence-electron chi connectivity index (χ4n) is 3.74. The molecule has 1 unspecified atom stereocenters. The van der Waals surface area contributed by atoms with Crippen molar-refractivity contribution in [2.75, 3.05) is 12.8 Å². The van der Waals surface area contributed by atoms with E-state index < -0.39 is 0 Å². The van der Waals surface area contributed by atoms with Crippen molar-refractivity contribution >= 4 is 11.7 Å². The minimum atomic E-state index is -0.378. The van der Waals surface area contributed by atoms with Crippen molar-refractivity contribution in [2.24, 2.45) is 0 Å². The third-order valence-corrected chi connectivity index (χ3v) is 5.21. The van der Waals surface area contributed by atoms with Crippen LogP contribution in [-0.4, -0.2) is 22.9 Å². The van der Waals surface area contributed by atoms with Gasteiger partial charge in [0.05, 0.1) is 11.9 Å². The number of fused-ring (bicyclic) bond motifs is 1. The van der Waals surface area contributed by atoms with Gasteiger partial charge in [0.15, 0.2) is 11.5 Å². The van der Waals surface area contributed by atoms with Crippen LogP contribution < -0.4 is 16.4 Å². The standard InChI is InChI=1S/C22H22FN5O/c1-25-22(29)20-21(24)27-12-18(28-20)15-6-2-4-13(10-15)11-26-17-9-8-14-5-3-7-16(23)19(14)17/h2-7,10,12,17,26H,8-9,11H2,1H3,(H2,24,27)(H,25,29). The molecule has 6 nitrogen and oxygen atoms in total. The predicted molar refractivity (Wildman–Crippen MR) is 110 cm³/mol. The lowest BCUT2D eigenvalue weighted by Gasteiger charge is -2.15. The maximum Gasteiger partial charge on any atom is 0.273 e. The molecule has 29 heavy (non-hydrogen) atoms. The van der Waals surface area contributed by atoms with Gasteiger partial charge in [-0.15, -0.1) is 0 Å². The first-order valence-corrected chi connectivity index (χ1v) is 9.51. The average molecular weight is 391 g/mol. The van der Waals surface area contributed by atoms with Gasteiger partial charge >= 0.3 is 0 Å². The molecule has 1 heterocycles. The van der Waals surface area contributed by atoms with Gasteiger partial charge in [-0.25, -0.2) is 14.4 Å². The molecule has 148 valence electrons. The highest BCUT2D eigenvalue weighted by molar-refractivity contribution is 5.96. The minimum absolute atomic E-state index is 0.00558. The molecule has 1 atom stereocenters. The van der Waals surface area contributed by atoms with Crippen molar-refractivity contribution < 1.29 is 9.18 Å². The maximum absolute atomic E-state index is 14.2. The molecule has 0 fully saturated rings. The summed E-state index contributed by atoms with van der Waals surface area (Å²) in [5, 5.41) is 5.98. The highest BCUT2D eigenvalue weighted by atomic mass is 19.1. The molecule has 4 rings (SSSR count). The number of benzene rings is 2. The lowest BCUT2D eigenvalue weighted by atomic mass is 10.1. The van der Waals surface area contributed by atoms with Crippen molar-refractivity contribution in [3.63, 3.8) is 0 Å². The zero-order chi connectivity index (χ0) is 20.4. The van der Waals surface area contributed by atoms with Crippen LogP contribution in [0.1, 0.15) is 39.6 Å². The second-order valence-corrected chi connectivity index (χ2v) is 7.05. The van der Waals surface area contributed by atoms with Crippen LogP contribution >= 0.6 is 0 Å². The van der Waals surface area contributed by atoms with Crippen molar-refractivity contribution in [3.05, 3.63) is 76.9 Å². The number of halogens is 1. The SMILES string of the molecule is CNC(=O)c1nc(-c2cccc(CNC3CCc4cccc(F)c43)c2)cnc1N. The summed E-state index contributed by atoms with van der Waals surface area (Å²) in [4.78, 5) is 20.4. The summed E-state index contributed by atoms with van der Waals surface area (Å²) in [5.74, 6) is -0.436. The zero-order valence-corrected chi connectivity index (χ0v) is 16.1. The predicted octanol–water partition coefficient (Wildman–Crippen LogP) is 3.00. The molecule has 1 aliphatic carbocycles. The molecule has 0 radical (unpaired) electrons. The second kappa shape index (κ2) is 7.97. The summed E-state index contributed by atoms with van der Waals surface area (Å²) in [6.07, 6.45) is 3.32. The highest BCUT2D eigenvalue weighted by Gasteiger charge is 2.25. The van der Waals surface area contributed by atoms with Gasteiger partial charge < -0.3 is 16.4 Å². The molecule has 0 aliphatic heterocycles. The van der Waals surface area contributed by atoms with Crippen LogP contribution in [0.2, 0.25) is 0 Å². The van der Waals surface area contributed by atoms with Gasteiger partial charge in [0.1, 0.15) is 5.82 Å². The number of carbonyl (C=O) groups is 1. The summed E-state index contributed by atoms with van der Waals surface area (Å²) < 4.78 is 14.2. The molecular weight excluding hydrogens is 369 g/mol. The molecule has 3 aromatic rings. The monoisotopic (exact) mass is 391 g/mol. The van der Waals surface area contributed by atoms with E-state index in [1.807, 2.05) is 30.3 Å². The molecule has 1 aromatic heterocycles. The smallest absolute Gasteiger partial charge is 0.273 e. The summed E-state index contributed by atoms with van der Waals surface area (Å²) in [5.41, 5.74) is 10.2. The fourth-order valence-corrected chi connectivity index (χ4v) is 3.74. The number of aryl methyl sites for hydroxylation is 1. The summed E-state index contributed by atoms with van der Waals surface area (Å²) in [6.45, 7) is 0.594. The number of nitrogen functional groups attached to an aromatic ring is 1. The normalized spacial score (nSPS) is 15.2. The number of anilines is 1. The number of aromatic nitrogens is 2. The highest BCUT2D eigenvalue weighted by Crippen LogP contribution is 2.33. The van der Waals surface area contributed by atoms with Crippen molar-refractivity contribution in [3.8, 4) is 11.3 Å². The van der Waals surface area contributed by atoms with Crippen LogP contribution in [0, 0.1) is 5.82 Å². The third kappa shape index (κ3) is 3.82. The van der Waals surface area contributed by atoms with Crippen LogP contribution in [0.3, 0.4) is 0 Å². The topological polar surface area (TPSA) is 92.9 Å². The van der Waals surface area contributed by atoms with Crippen LogP contribution in [-0.2, 0) is 13.0 Å². The van der Waals surface area contributed by atoms with Crippen LogP contribution in [0.4, 0.5) is 10.2 Å². The lowest BCUT2D eigenvalue weighted by molar-refractivity contribution is 0.0959. The van der Waals surface area contributed by atoms with E-state index in [0.717, 1.165) is 35.1 Å². The zero-order valence-electron chi connectivity index (χ0n) is 16.1. The molecule has 4 N–H and O–H groups in total. The summed E-state index contributed by atoms with van der Waals surface area (Å²) >= 11 is 0. The van der Waals surface area contributed by atoms with Gasteiger partial charge in [0.25, 0.3) is 5.91 Å². The number of hydrogen-bond donors (Lipinski definition) is 3. The summed E-state index contributed by atoms with van der Waals surface area (Å²) in [6, 6.07) is 13.1. The van der Waals surface area contributed by atoms with Gasteiger partial charge in [0.2, 0.25) is 0 Å². The number of nitrogens with zero attached hydrogens (tertiary/aromatic N) is 2. The maximum atomic E-state index is 14.2. The van der Waals surface area contributed by atoms with E-state index >= 15 is 0 Å². The van der Waals surface area contributed by atoms with Gasteiger partial charge in [-0.3, -0.25) is 4.79 Å². The Hall–Kier alpha value is -3.32. The number of hydrogen-bond acceptors (Lipinski definition) is 5. The molecular formula is C22H22FN5O. The van der Waals surface area contributed by atoms with E-state index in [0.29, 0.717) is 12.2 Å². The molecule has 7 heteroatoms. The van der Waals surface area contributed by atoms with Crippen molar-refractivity contribution in [1.82, 2.24) is 20.6 Å². The quantitative estimate of drug-likeness (QED) is 0.622. The second-order valence-electron chi connectivity index (χ2n) is 7.05. The largest absolute Gasteiger partial charge is 0.382 e. The van der Waals surface area contributed by atoms with Crippen LogP contribution in [0.5, 0.6) is 0 Å². The Morgan fingerprint density at radius 1 is 1.28 bits per heavy atom. The minimum Gasteiger partial charge on any atom is -0.382 e. The van der Waals surface area contributed by atoms with Gasteiger partial charge in [-0.2, -0.15) is 0 Å². The first kappa shape index (κ1) is 19.0. The number of nitrogens with two attached hydrogens (primary N) is 1. The van der Waals surface area contributed by atoms with E-state index in [2.05, 4.69) is 20.6 Å². The third-order valence-electron chi connectivity index (χ3n) is 5.21. The van der Waals surface area contributed by atoms with E-state index in [9.17, 15) is 9.18 Å². The van der Waals surface area contributed by atoms with Crippen molar-refractivity contribution in [1.29, 1.82) is 0 Å². The van der Waals surface area contributed by atoms with E-state index in [1.54, 1.807) is 12.3 Å². The molecule has 0 bridgehead atoms. The average Bonchev–Trinajstić information content (AvgIpc) is 3.17. The molecule has 1 aliphatic rings. The van der Waals surface area contributed by atoms with E-state index in [1.165, 1.54) is 13.1 Å². The Morgan fingerprint density at radius 2 is 2.10 bits per heavy atom. The van der Waals surface area contributed by atoms with Gasteiger partial charge in [-0.05, 0) is 36.1 Å². The molecule has 1 amide bonds. The number of rotatable bonds is 5. The Kier molecular flexibility index (Phi) is 5.22. The number of carbonyl (C=O) groups excluding carboxylic acids is 1. The Labute approximate surface area is 168 Å². The summed E-state index contributed by atoms with van der Waals surface area (Å²) in [7, 11) is 1.52. The molecule has 0 saturated heterocycles. The number of amides is 1. The van der Waals surface area contributed by atoms with Crippen LogP contribution in [0.25, 0.3) is 11.3 Å². The van der Waals surface area contributed by atoms with Gasteiger partial charge in [0, 0.05) is 30.8 Å². The van der Waals surface area contributed by atoms with Crippen LogP contribution in [0.15, 0.2) is 48.7 Å². The first-order valence-electron chi connectivity index (χ1n) is 9.51. The van der Waals surface area contributed by atoms with E-state index in [-0.39, 0.29) is 29.3 Å². The first-order chi connectivity index (χ1) is 14.1. The van der Waals surface area contributed by atoms with Crippen molar-refractivity contribution in [2.45, 2.75) is 25.4 Å².